The van der Waals surface area contributed by atoms with Gasteiger partial charge in [0.2, 0.25) is 5.91 Å². The molecule has 120 valence electrons. The summed E-state index contributed by atoms with van der Waals surface area (Å²) in [5, 5.41) is 9.41. The molecule has 1 heterocycles. The number of carbonyl (C=O) groups is 1. The van der Waals surface area contributed by atoms with Gasteiger partial charge in [-0.25, -0.2) is 4.98 Å². The van der Waals surface area contributed by atoms with E-state index in [1.165, 1.54) is 0 Å². The van der Waals surface area contributed by atoms with Crippen molar-refractivity contribution in [2.45, 2.75) is 12.5 Å². The third-order valence-electron chi connectivity index (χ3n) is 3.68. The fraction of sp³-hybridized carbons (Fsp3) is 0.118. The number of rotatable bonds is 4. The van der Waals surface area contributed by atoms with E-state index in [2.05, 4.69) is 16.0 Å². The van der Waals surface area contributed by atoms with Crippen molar-refractivity contribution in [2.75, 3.05) is 0 Å². The molecule has 1 unspecified atom stereocenters. The first-order chi connectivity index (χ1) is 11.5. The van der Waals surface area contributed by atoms with E-state index in [1.54, 1.807) is 18.2 Å². The lowest BCUT2D eigenvalue weighted by molar-refractivity contribution is -0.118. The van der Waals surface area contributed by atoms with Crippen LogP contribution in [0.25, 0.3) is 22.2 Å². The predicted molar refractivity (Wildman–Crippen MR) is 92.0 cm³/mol. The first kappa shape index (κ1) is 16.0. The van der Waals surface area contributed by atoms with Gasteiger partial charge in [-0.05, 0) is 29.8 Å². The van der Waals surface area contributed by atoms with Crippen molar-refractivity contribution in [1.82, 2.24) is 9.97 Å². The highest BCUT2D eigenvalue weighted by Crippen LogP contribution is 2.30. The molecule has 0 bridgehead atoms. The zero-order chi connectivity index (χ0) is 17.3. The minimum absolute atomic E-state index is 0.0220. The van der Waals surface area contributed by atoms with Gasteiger partial charge in [0.15, 0.2) is 0 Å². The molecule has 1 aromatic heterocycles. The molecule has 0 spiro atoms. The quantitative estimate of drug-likeness (QED) is 0.676. The minimum atomic E-state index is -0.572. The topological polar surface area (TPSA) is 122 Å². The molecule has 0 fully saturated rings. The highest BCUT2D eigenvalue weighted by Gasteiger charge is 2.14. The second kappa shape index (κ2) is 6.32. The van der Waals surface area contributed by atoms with Crippen LogP contribution in [-0.2, 0) is 4.79 Å². The van der Waals surface area contributed by atoms with Crippen molar-refractivity contribution in [2.24, 2.45) is 11.5 Å². The normalized spacial score (nSPS) is 12.0. The molecule has 1 atom stereocenters. The second-order valence-corrected chi connectivity index (χ2v) is 5.84. The van der Waals surface area contributed by atoms with Crippen LogP contribution < -0.4 is 11.5 Å². The summed E-state index contributed by atoms with van der Waals surface area (Å²) in [6, 6.07) is 12.3. The first-order valence-corrected chi connectivity index (χ1v) is 7.59. The molecular formula is C17H14ClN5O. The number of benzene rings is 2. The number of hydrogen-bond donors (Lipinski definition) is 3. The number of nitrogens with two attached hydrogens (primary N) is 2. The van der Waals surface area contributed by atoms with Crippen LogP contribution in [0.3, 0.4) is 0 Å². The summed E-state index contributed by atoms with van der Waals surface area (Å²) in [7, 11) is 0. The second-order valence-electron chi connectivity index (χ2n) is 5.44. The van der Waals surface area contributed by atoms with E-state index in [-0.39, 0.29) is 6.42 Å². The van der Waals surface area contributed by atoms with Gasteiger partial charge in [-0.2, -0.15) is 5.26 Å². The minimum Gasteiger partial charge on any atom is -0.370 e. The van der Waals surface area contributed by atoms with Gasteiger partial charge in [-0.15, -0.1) is 0 Å². The number of carbonyl (C=O) groups excluding carboxylic acids is 1. The predicted octanol–water partition coefficient (Wildman–Crippen LogP) is 2.63. The Kier molecular flexibility index (Phi) is 4.21. The summed E-state index contributed by atoms with van der Waals surface area (Å²) in [6.07, 6.45) is 0.0220. The fourth-order valence-electron chi connectivity index (χ4n) is 2.50. The van der Waals surface area contributed by atoms with Crippen LogP contribution >= 0.6 is 11.6 Å². The zero-order valence-corrected chi connectivity index (χ0v) is 13.3. The van der Waals surface area contributed by atoms with Crippen molar-refractivity contribution >= 4 is 28.5 Å². The zero-order valence-electron chi connectivity index (χ0n) is 12.6. The average molecular weight is 340 g/mol. The summed E-state index contributed by atoms with van der Waals surface area (Å²) in [5.41, 5.74) is 14.8. The van der Waals surface area contributed by atoms with Gasteiger partial charge in [0.25, 0.3) is 0 Å². The van der Waals surface area contributed by atoms with Crippen molar-refractivity contribution in [1.29, 1.82) is 5.26 Å². The molecule has 7 heteroatoms. The van der Waals surface area contributed by atoms with E-state index in [0.29, 0.717) is 16.4 Å². The first-order valence-electron chi connectivity index (χ1n) is 7.21. The molecule has 0 aliphatic rings. The Morgan fingerprint density at radius 1 is 1.33 bits per heavy atom. The molecule has 1 amide bonds. The third-order valence-corrected chi connectivity index (χ3v) is 3.99. The van der Waals surface area contributed by atoms with Gasteiger partial charge in [-0.1, -0.05) is 23.7 Å². The molecule has 0 radical (unpaired) electrons. The standard InChI is InChI=1S/C17H14ClN5O/c18-12-5-9(8-19)1-3-11(12)10-2-4-14-15(6-10)23-17(22-14)13(20)7-16(21)24/h1-6,13H,7,20H2,(H2,21,24)(H,22,23). The SMILES string of the molecule is N#Cc1ccc(-c2ccc3nc(C(N)CC(N)=O)[nH]c3c2)c(Cl)c1. The Morgan fingerprint density at radius 2 is 2.12 bits per heavy atom. The molecule has 0 saturated carbocycles. The number of imidazole rings is 1. The van der Waals surface area contributed by atoms with Gasteiger partial charge in [-0.3, -0.25) is 4.79 Å². The maximum absolute atomic E-state index is 11.0. The van der Waals surface area contributed by atoms with Gasteiger partial charge in [0, 0.05) is 17.0 Å². The van der Waals surface area contributed by atoms with Crippen LogP contribution in [0, 0.1) is 11.3 Å². The van der Waals surface area contributed by atoms with E-state index in [1.807, 2.05) is 18.2 Å². The van der Waals surface area contributed by atoms with E-state index in [0.717, 1.165) is 22.2 Å². The molecule has 3 rings (SSSR count). The smallest absolute Gasteiger partial charge is 0.219 e. The number of aromatic amines is 1. The number of halogens is 1. The van der Waals surface area contributed by atoms with Crippen molar-refractivity contribution in [3.8, 4) is 17.2 Å². The molecule has 3 aromatic rings. The van der Waals surface area contributed by atoms with E-state index >= 15 is 0 Å². The van der Waals surface area contributed by atoms with Gasteiger partial charge < -0.3 is 16.5 Å². The molecular weight excluding hydrogens is 326 g/mol. The number of nitrogens with zero attached hydrogens (tertiary/aromatic N) is 2. The maximum Gasteiger partial charge on any atom is 0.219 e. The van der Waals surface area contributed by atoms with E-state index in [4.69, 9.17) is 28.3 Å². The number of primary amides is 1. The maximum atomic E-state index is 11.0. The van der Waals surface area contributed by atoms with Gasteiger partial charge in [0.05, 0.1) is 28.7 Å². The lowest BCUT2D eigenvalue weighted by atomic mass is 10.0. The van der Waals surface area contributed by atoms with Crippen molar-refractivity contribution in [3.05, 3.63) is 52.8 Å². The van der Waals surface area contributed by atoms with Crippen molar-refractivity contribution in [3.63, 3.8) is 0 Å². The highest BCUT2D eigenvalue weighted by atomic mass is 35.5. The summed E-state index contributed by atoms with van der Waals surface area (Å²) >= 11 is 6.26. The van der Waals surface area contributed by atoms with Gasteiger partial charge >= 0.3 is 0 Å². The number of aromatic nitrogens is 2. The lowest BCUT2D eigenvalue weighted by Crippen LogP contribution is -2.21. The number of fused-ring (bicyclic) bond motifs is 1. The van der Waals surface area contributed by atoms with Crippen LogP contribution in [0.2, 0.25) is 5.02 Å². The fourth-order valence-corrected chi connectivity index (χ4v) is 2.79. The van der Waals surface area contributed by atoms with Crippen LogP contribution in [0.1, 0.15) is 23.9 Å². The monoisotopic (exact) mass is 339 g/mol. The highest BCUT2D eigenvalue weighted by molar-refractivity contribution is 6.33. The molecule has 2 aromatic carbocycles. The van der Waals surface area contributed by atoms with Gasteiger partial charge in [0.1, 0.15) is 5.82 Å². The summed E-state index contributed by atoms with van der Waals surface area (Å²) in [4.78, 5) is 18.5. The lowest BCUT2D eigenvalue weighted by Gasteiger charge is -2.05. The summed E-state index contributed by atoms with van der Waals surface area (Å²) in [6.45, 7) is 0. The number of nitriles is 1. The third kappa shape index (κ3) is 3.08. The molecule has 5 N–H and O–H groups in total. The van der Waals surface area contributed by atoms with E-state index < -0.39 is 11.9 Å². The Hall–Kier alpha value is -2.88. The summed E-state index contributed by atoms with van der Waals surface area (Å²) in [5.74, 6) is 0.0277. The Balaban J connectivity index is 2.00. The number of hydrogen-bond acceptors (Lipinski definition) is 4. The van der Waals surface area contributed by atoms with Crippen LogP contribution in [0.5, 0.6) is 0 Å². The van der Waals surface area contributed by atoms with Crippen LogP contribution in [0.15, 0.2) is 36.4 Å². The number of nitrogens with one attached hydrogen (secondary N) is 1. The number of H-pyrrole nitrogens is 1. The largest absolute Gasteiger partial charge is 0.370 e. The molecule has 6 nitrogen and oxygen atoms in total. The van der Waals surface area contributed by atoms with Crippen LogP contribution in [-0.4, -0.2) is 15.9 Å². The number of amides is 1. The molecule has 24 heavy (non-hydrogen) atoms. The Morgan fingerprint density at radius 3 is 2.79 bits per heavy atom. The molecule has 0 saturated heterocycles. The average Bonchev–Trinajstić information content (AvgIpc) is 2.97. The Labute approximate surface area is 143 Å². The summed E-state index contributed by atoms with van der Waals surface area (Å²) < 4.78 is 0. The Bertz CT molecular complexity index is 973. The van der Waals surface area contributed by atoms with Crippen molar-refractivity contribution < 1.29 is 4.79 Å². The molecule has 0 aliphatic heterocycles. The van der Waals surface area contributed by atoms with E-state index in [9.17, 15) is 4.79 Å². The van der Waals surface area contributed by atoms with Crippen LogP contribution in [0.4, 0.5) is 0 Å². The molecule has 0 aliphatic carbocycles.